The minimum absolute atomic E-state index is 0.354. The first-order valence-corrected chi connectivity index (χ1v) is 7.56. The molecule has 1 aromatic carbocycles. The Morgan fingerprint density at radius 1 is 1.05 bits per heavy atom. The predicted molar refractivity (Wildman–Crippen MR) is 85.2 cm³/mol. The Bertz CT molecular complexity index is 630. The molecule has 0 N–H and O–H groups in total. The standard InChI is InChI=1S/C16H18N2OS/c1-16(2,3)20(19)17-12-14-10-7-11-15(18-14)13-8-5-4-6-9-13/h4-12H,1-3H3/b17-12+/t20-/m1/s1. The Kier molecular flexibility index (Phi) is 4.45. The van der Waals surface area contributed by atoms with E-state index in [0.717, 1.165) is 11.3 Å². The number of hydrogen-bond acceptors (Lipinski definition) is 2. The average molecular weight is 286 g/mol. The fraction of sp³-hybridized carbons (Fsp3) is 0.250. The Morgan fingerprint density at radius 3 is 2.40 bits per heavy atom. The van der Waals surface area contributed by atoms with Crippen molar-refractivity contribution < 1.29 is 4.21 Å². The van der Waals surface area contributed by atoms with Crippen LogP contribution in [-0.2, 0) is 11.0 Å². The van der Waals surface area contributed by atoms with Gasteiger partial charge >= 0.3 is 0 Å². The normalized spacial score (nSPS) is 13.6. The summed E-state index contributed by atoms with van der Waals surface area (Å²) in [5.41, 5.74) is 2.65. The Labute approximate surface area is 122 Å². The Morgan fingerprint density at radius 2 is 1.75 bits per heavy atom. The molecule has 3 nitrogen and oxygen atoms in total. The minimum atomic E-state index is -1.26. The molecule has 0 saturated carbocycles. The van der Waals surface area contributed by atoms with Gasteiger partial charge in [0.05, 0.1) is 22.3 Å². The molecule has 4 heteroatoms. The van der Waals surface area contributed by atoms with Crippen LogP contribution in [0.15, 0.2) is 52.9 Å². The van der Waals surface area contributed by atoms with Crippen molar-refractivity contribution in [3.05, 3.63) is 54.2 Å². The number of pyridine rings is 1. The number of benzene rings is 1. The second-order valence-electron chi connectivity index (χ2n) is 5.41. The molecule has 1 aromatic heterocycles. The Hall–Kier alpha value is -1.81. The highest BCUT2D eigenvalue weighted by molar-refractivity contribution is 7.85. The summed E-state index contributed by atoms with van der Waals surface area (Å²) < 4.78 is 15.6. The van der Waals surface area contributed by atoms with Crippen molar-refractivity contribution in [1.29, 1.82) is 0 Å². The van der Waals surface area contributed by atoms with Gasteiger partial charge in [-0.05, 0) is 32.9 Å². The molecule has 20 heavy (non-hydrogen) atoms. The van der Waals surface area contributed by atoms with Crippen molar-refractivity contribution in [2.24, 2.45) is 4.40 Å². The summed E-state index contributed by atoms with van der Waals surface area (Å²) in [6, 6.07) is 15.7. The lowest BCUT2D eigenvalue weighted by Gasteiger charge is -2.12. The third-order valence-electron chi connectivity index (χ3n) is 2.64. The molecule has 0 amide bonds. The van der Waals surface area contributed by atoms with Gasteiger partial charge in [0.1, 0.15) is 11.0 Å². The molecule has 1 atom stereocenters. The molecule has 0 aliphatic rings. The van der Waals surface area contributed by atoms with Crippen LogP contribution in [0.5, 0.6) is 0 Å². The van der Waals surface area contributed by atoms with Gasteiger partial charge in [-0.15, -0.1) is 0 Å². The molecule has 104 valence electrons. The van der Waals surface area contributed by atoms with Gasteiger partial charge in [-0.2, -0.15) is 4.40 Å². The number of aromatic nitrogens is 1. The Balaban J connectivity index is 2.23. The lowest BCUT2D eigenvalue weighted by atomic mass is 10.1. The minimum Gasteiger partial charge on any atom is -0.247 e. The number of hydrogen-bond donors (Lipinski definition) is 0. The van der Waals surface area contributed by atoms with Crippen LogP contribution in [0.2, 0.25) is 0 Å². The van der Waals surface area contributed by atoms with Gasteiger partial charge in [0, 0.05) is 5.56 Å². The van der Waals surface area contributed by atoms with Crippen LogP contribution in [0.3, 0.4) is 0 Å². The van der Waals surface area contributed by atoms with Crippen LogP contribution in [0.25, 0.3) is 11.3 Å². The van der Waals surface area contributed by atoms with E-state index < -0.39 is 11.0 Å². The van der Waals surface area contributed by atoms with E-state index in [4.69, 9.17) is 0 Å². The molecule has 0 unspecified atom stereocenters. The highest BCUT2D eigenvalue weighted by Crippen LogP contribution is 2.16. The molecule has 1 heterocycles. The molecule has 0 aliphatic heterocycles. The quantitative estimate of drug-likeness (QED) is 0.809. The van der Waals surface area contributed by atoms with Crippen molar-refractivity contribution in [3.8, 4) is 11.3 Å². The van der Waals surface area contributed by atoms with Crippen molar-refractivity contribution in [3.63, 3.8) is 0 Å². The molecule has 0 radical (unpaired) electrons. The van der Waals surface area contributed by atoms with Crippen LogP contribution in [-0.4, -0.2) is 20.2 Å². The summed E-state index contributed by atoms with van der Waals surface area (Å²) in [4.78, 5) is 4.51. The summed E-state index contributed by atoms with van der Waals surface area (Å²) >= 11 is 0. The maximum Gasteiger partial charge on any atom is 0.144 e. The molecule has 0 spiro atoms. The molecule has 2 rings (SSSR count). The maximum absolute atomic E-state index is 11.9. The van der Waals surface area contributed by atoms with Crippen molar-refractivity contribution >= 4 is 17.2 Å². The third kappa shape index (κ3) is 3.84. The molecular weight excluding hydrogens is 268 g/mol. The van der Waals surface area contributed by atoms with E-state index in [-0.39, 0.29) is 4.75 Å². The summed E-state index contributed by atoms with van der Waals surface area (Å²) in [7, 11) is -1.26. The van der Waals surface area contributed by atoms with Gasteiger partial charge in [-0.3, -0.25) is 0 Å². The van der Waals surface area contributed by atoms with Crippen molar-refractivity contribution in [2.75, 3.05) is 0 Å². The zero-order valence-corrected chi connectivity index (χ0v) is 12.7. The first-order valence-electron chi connectivity index (χ1n) is 6.45. The molecule has 2 aromatic rings. The fourth-order valence-corrected chi connectivity index (χ4v) is 2.07. The highest BCUT2D eigenvalue weighted by atomic mass is 32.2. The molecular formula is C16H18N2OS. The van der Waals surface area contributed by atoms with E-state index >= 15 is 0 Å². The van der Waals surface area contributed by atoms with E-state index in [1.807, 2.05) is 69.3 Å². The van der Waals surface area contributed by atoms with Gasteiger partial charge in [0.2, 0.25) is 0 Å². The first kappa shape index (κ1) is 14.6. The van der Waals surface area contributed by atoms with Crippen LogP contribution in [0.1, 0.15) is 26.5 Å². The molecule has 0 bridgehead atoms. The van der Waals surface area contributed by atoms with Gasteiger partial charge in [-0.1, -0.05) is 36.4 Å². The number of nitrogens with zero attached hydrogens (tertiary/aromatic N) is 2. The smallest absolute Gasteiger partial charge is 0.144 e. The largest absolute Gasteiger partial charge is 0.247 e. The predicted octanol–water partition coefficient (Wildman–Crippen LogP) is 3.63. The first-order chi connectivity index (χ1) is 9.47. The van der Waals surface area contributed by atoms with Crippen molar-refractivity contribution in [1.82, 2.24) is 4.98 Å². The lowest BCUT2D eigenvalue weighted by molar-refractivity contribution is 0.651. The molecule has 0 saturated heterocycles. The van der Waals surface area contributed by atoms with E-state index in [9.17, 15) is 4.21 Å². The topological polar surface area (TPSA) is 42.3 Å². The van der Waals surface area contributed by atoms with E-state index in [2.05, 4.69) is 9.38 Å². The van der Waals surface area contributed by atoms with Crippen LogP contribution in [0, 0.1) is 0 Å². The van der Waals surface area contributed by atoms with E-state index in [0.29, 0.717) is 5.69 Å². The van der Waals surface area contributed by atoms with Crippen LogP contribution < -0.4 is 0 Å². The van der Waals surface area contributed by atoms with Crippen LogP contribution in [0.4, 0.5) is 0 Å². The number of rotatable bonds is 3. The third-order valence-corrected chi connectivity index (χ3v) is 3.99. The zero-order valence-electron chi connectivity index (χ0n) is 11.9. The van der Waals surface area contributed by atoms with E-state index in [1.54, 1.807) is 6.21 Å². The second kappa shape index (κ2) is 6.09. The summed E-state index contributed by atoms with van der Waals surface area (Å²) in [5, 5.41) is 0. The molecule has 0 fully saturated rings. The van der Waals surface area contributed by atoms with E-state index in [1.165, 1.54) is 0 Å². The summed E-state index contributed by atoms with van der Waals surface area (Å²) in [6.07, 6.45) is 1.58. The molecule has 0 aliphatic carbocycles. The zero-order chi connectivity index (χ0) is 14.6. The lowest BCUT2D eigenvalue weighted by Crippen LogP contribution is -2.19. The second-order valence-corrected chi connectivity index (χ2v) is 7.34. The highest BCUT2D eigenvalue weighted by Gasteiger charge is 2.18. The average Bonchev–Trinajstić information content (AvgIpc) is 2.45. The fourth-order valence-electron chi connectivity index (χ4n) is 1.55. The van der Waals surface area contributed by atoms with Crippen LogP contribution >= 0.6 is 0 Å². The summed E-state index contributed by atoms with van der Waals surface area (Å²) in [6.45, 7) is 5.69. The van der Waals surface area contributed by atoms with Gasteiger partial charge in [0.25, 0.3) is 0 Å². The van der Waals surface area contributed by atoms with Crippen molar-refractivity contribution in [2.45, 2.75) is 25.5 Å². The van der Waals surface area contributed by atoms with Gasteiger partial charge < -0.3 is 0 Å². The summed E-state index contributed by atoms with van der Waals surface area (Å²) in [5.74, 6) is 0. The monoisotopic (exact) mass is 286 g/mol. The SMILES string of the molecule is CC(C)(C)[S@@](=O)/N=C/c1cccc(-c2ccccc2)n1. The van der Waals surface area contributed by atoms with Gasteiger partial charge in [0.15, 0.2) is 0 Å². The van der Waals surface area contributed by atoms with Gasteiger partial charge in [-0.25, -0.2) is 9.19 Å². The maximum atomic E-state index is 11.9.